The molecule has 4 nitrogen and oxygen atoms in total. The first-order valence-corrected chi connectivity index (χ1v) is 8.88. The third-order valence-corrected chi connectivity index (χ3v) is 4.05. The van der Waals surface area contributed by atoms with E-state index < -0.39 is 0 Å². The van der Waals surface area contributed by atoms with E-state index in [1.165, 1.54) is 0 Å². The highest BCUT2D eigenvalue weighted by molar-refractivity contribution is 6.31. The summed E-state index contributed by atoms with van der Waals surface area (Å²) in [6, 6.07) is 12.7. The van der Waals surface area contributed by atoms with Gasteiger partial charge in [0.05, 0.1) is 6.61 Å². The Morgan fingerprint density at radius 1 is 1.08 bits per heavy atom. The molecule has 0 saturated carbocycles. The molecule has 0 fully saturated rings. The van der Waals surface area contributed by atoms with Crippen molar-refractivity contribution in [2.75, 3.05) is 18.5 Å². The fourth-order valence-corrected chi connectivity index (χ4v) is 2.39. The Labute approximate surface area is 154 Å². The van der Waals surface area contributed by atoms with Crippen LogP contribution in [0.2, 0.25) is 5.02 Å². The average Bonchev–Trinajstić information content (AvgIpc) is 2.61. The molecule has 2 aromatic rings. The number of nitrogens with one attached hydrogen (secondary N) is 1. The van der Waals surface area contributed by atoms with E-state index >= 15 is 0 Å². The van der Waals surface area contributed by atoms with Crippen molar-refractivity contribution in [1.29, 1.82) is 0 Å². The van der Waals surface area contributed by atoms with Gasteiger partial charge in [-0.1, -0.05) is 43.5 Å². The van der Waals surface area contributed by atoms with Crippen LogP contribution in [0.15, 0.2) is 42.5 Å². The molecule has 0 spiro atoms. The Morgan fingerprint density at radius 2 is 1.84 bits per heavy atom. The molecule has 0 saturated heterocycles. The normalized spacial score (nSPS) is 10.4. The molecule has 0 bridgehead atoms. The van der Waals surface area contributed by atoms with Crippen molar-refractivity contribution in [3.63, 3.8) is 0 Å². The van der Waals surface area contributed by atoms with Crippen LogP contribution in [0.4, 0.5) is 5.69 Å². The molecule has 134 valence electrons. The molecule has 0 atom stereocenters. The smallest absolute Gasteiger partial charge is 0.262 e. The Balaban J connectivity index is 1.81. The van der Waals surface area contributed by atoms with Gasteiger partial charge in [0.25, 0.3) is 5.91 Å². The minimum atomic E-state index is -0.241. The topological polar surface area (TPSA) is 47.6 Å². The van der Waals surface area contributed by atoms with Crippen LogP contribution in [-0.2, 0) is 4.79 Å². The highest BCUT2D eigenvalue weighted by Crippen LogP contribution is 2.21. The zero-order valence-electron chi connectivity index (χ0n) is 14.7. The molecule has 1 N–H and O–H groups in total. The molecule has 25 heavy (non-hydrogen) atoms. The summed E-state index contributed by atoms with van der Waals surface area (Å²) in [6.07, 6.45) is 3.34. The van der Waals surface area contributed by atoms with Gasteiger partial charge in [-0.15, -0.1) is 0 Å². The van der Waals surface area contributed by atoms with Gasteiger partial charge in [-0.05, 0) is 43.2 Å². The van der Waals surface area contributed by atoms with Crippen LogP contribution in [0.5, 0.6) is 11.5 Å². The van der Waals surface area contributed by atoms with Crippen LogP contribution >= 0.6 is 11.6 Å². The summed E-state index contributed by atoms with van der Waals surface area (Å²) in [5, 5.41) is 3.38. The minimum Gasteiger partial charge on any atom is -0.493 e. The molecule has 0 heterocycles. The number of unbranched alkanes of at least 4 members (excludes halogenated alkanes) is 2. The highest BCUT2D eigenvalue weighted by Gasteiger charge is 2.06. The van der Waals surface area contributed by atoms with Crippen LogP contribution in [-0.4, -0.2) is 19.1 Å². The summed E-state index contributed by atoms with van der Waals surface area (Å²) in [5.41, 5.74) is 1.61. The molecule has 5 heteroatoms. The SMILES string of the molecule is CCCCCOc1cccc(OCC(=O)Nc2ccc(C)c(Cl)c2)c1. The number of amides is 1. The van der Waals surface area contributed by atoms with Crippen LogP contribution in [0, 0.1) is 6.92 Å². The van der Waals surface area contributed by atoms with Crippen molar-refractivity contribution < 1.29 is 14.3 Å². The van der Waals surface area contributed by atoms with Gasteiger partial charge in [0.15, 0.2) is 6.61 Å². The summed E-state index contributed by atoms with van der Waals surface area (Å²) in [7, 11) is 0. The van der Waals surface area contributed by atoms with Crippen LogP contribution < -0.4 is 14.8 Å². The summed E-state index contributed by atoms with van der Waals surface area (Å²) in [4.78, 5) is 12.0. The predicted molar refractivity (Wildman–Crippen MR) is 102 cm³/mol. The van der Waals surface area contributed by atoms with Crippen molar-refractivity contribution >= 4 is 23.2 Å². The molecule has 0 aliphatic carbocycles. The molecule has 0 aliphatic heterocycles. The number of anilines is 1. The van der Waals surface area contributed by atoms with Crippen molar-refractivity contribution in [3.05, 3.63) is 53.1 Å². The van der Waals surface area contributed by atoms with Crippen molar-refractivity contribution in [1.82, 2.24) is 0 Å². The number of halogens is 1. The standard InChI is InChI=1S/C20H24ClNO3/c1-3-4-5-11-24-17-7-6-8-18(13-17)25-14-20(23)22-16-10-9-15(2)19(21)12-16/h6-10,12-13H,3-5,11,14H2,1-2H3,(H,22,23). The number of hydrogen-bond donors (Lipinski definition) is 1. The molecule has 1 amide bonds. The van der Waals surface area contributed by atoms with E-state index in [1.54, 1.807) is 18.2 Å². The quantitative estimate of drug-likeness (QED) is 0.621. The third-order valence-electron chi connectivity index (χ3n) is 3.65. The third kappa shape index (κ3) is 6.67. The number of ether oxygens (including phenoxy) is 2. The van der Waals surface area contributed by atoms with Crippen LogP contribution in [0.25, 0.3) is 0 Å². The second kappa shape index (κ2) is 9.94. The Hall–Kier alpha value is -2.20. The van der Waals surface area contributed by atoms with Crippen LogP contribution in [0.3, 0.4) is 0 Å². The van der Waals surface area contributed by atoms with E-state index in [-0.39, 0.29) is 12.5 Å². The zero-order valence-corrected chi connectivity index (χ0v) is 15.4. The van der Waals surface area contributed by atoms with Gasteiger partial charge < -0.3 is 14.8 Å². The number of benzene rings is 2. The van der Waals surface area contributed by atoms with Gasteiger partial charge in [0.2, 0.25) is 0 Å². The van der Waals surface area contributed by atoms with E-state index in [0.29, 0.717) is 23.1 Å². The number of rotatable bonds is 9. The Kier molecular flexibility index (Phi) is 7.61. The fraction of sp³-hybridized carbons (Fsp3) is 0.350. The van der Waals surface area contributed by atoms with E-state index in [4.69, 9.17) is 21.1 Å². The molecule has 0 unspecified atom stereocenters. The molecule has 2 aromatic carbocycles. The first-order chi connectivity index (χ1) is 12.1. The lowest BCUT2D eigenvalue weighted by Gasteiger charge is -2.10. The fourth-order valence-electron chi connectivity index (χ4n) is 2.21. The number of carbonyl (C=O) groups excluding carboxylic acids is 1. The summed E-state index contributed by atoms with van der Waals surface area (Å²) in [6.45, 7) is 4.68. The van der Waals surface area contributed by atoms with Crippen molar-refractivity contribution in [2.45, 2.75) is 33.1 Å². The number of aryl methyl sites for hydroxylation is 1. The molecule has 2 rings (SSSR count). The minimum absolute atomic E-state index is 0.0786. The average molecular weight is 362 g/mol. The highest BCUT2D eigenvalue weighted by atomic mass is 35.5. The van der Waals surface area contributed by atoms with Gasteiger partial charge in [0, 0.05) is 16.8 Å². The van der Waals surface area contributed by atoms with Gasteiger partial charge in [-0.25, -0.2) is 0 Å². The van der Waals surface area contributed by atoms with Gasteiger partial charge in [-0.3, -0.25) is 4.79 Å². The Morgan fingerprint density at radius 3 is 2.56 bits per heavy atom. The molecular formula is C20H24ClNO3. The van der Waals surface area contributed by atoms with Gasteiger partial charge in [-0.2, -0.15) is 0 Å². The largest absolute Gasteiger partial charge is 0.493 e. The molecule has 0 aliphatic rings. The first-order valence-electron chi connectivity index (χ1n) is 8.50. The maximum Gasteiger partial charge on any atom is 0.262 e. The van der Waals surface area contributed by atoms with E-state index in [0.717, 1.165) is 30.6 Å². The molecular weight excluding hydrogens is 338 g/mol. The van der Waals surface area contributed by atoms with Crippen molar-refractivity contribution in [3.8, 4) is 11.5 Å². The maximum atomic E-state index is 12.0. The van der Waals surface area contributed by atoms with Gasteiger partial charge >= 0.3 is 0 Å². The summed E-state index contributed by atoms with van der Waals surface area (Å²) in [5.74, 6) is 1.11. The molecule has 0 radical (unpaired) electrons. The number of hydrogen-bond acceptors (Lipinski definition) is 3. The van der Waals surface area contributed by atoms with Crippen molar-refractivity contribution in [2.24, 2.45) is 0 Å². The first kappa shape index (κ1) is 19.1. The van der Waals surface area contributed by atoms with E-state index in [2.05, 4.69) is 12.2 Å². The predicted octanol–water partition coefficient (Wildman–Crippen LogP) is 5.23. The van der Waals surface area contributed by atoms with Crippen LogP contribution in [0.1, 0.15) is 31.7 Å². The van der Waals surface area contributed by atoms with E-state index in [9.17, 15) is 4.79 Å². The van der Waals surface area contributed by atoms with Gasteiger partial charge in [0.1, 0.15) is 11.5 Å². The Bertz CT molecular complexity index is 703. The second-order valence-corrected chi connectivity index (χ2v) is 6.24. The number of carbonyl (C=O) groups is 1. The van der Waals surface area contributed by atoms with E-state index in [1.807, 2.05) is 31.2 Å². The lowest BCUT2D eigenvalue weighted by molar-refractivity contribution is -0.118. The monoisotopic (exact) mass is 361 g/mol. The lowest BCUT2D eigenvalue weighted by atomic mass is 10.2. The maximum absolute atomic E-state index is 12.0. The second-order valence-electron chi connectivity index (χ2n) is 5.83. The lowest BCUT2D eigenvalue weighted by Crippen LogP contribution is -2.20. The summed E-state index contributed by atoms with van der Waals surface area (Å²) >= 11 is 6.05. The molecule has 0 aromatic heterocycles. The summed E-state index contributed by atoms with van der Waals surface area (Å²) < 4.78 is 11.2. The zero-order chi connectivity index (χ0) is 18.1.